The van der Waals surface area contributed by atoms with Gasteiger partial charge in [-0.15, -0.1) is 0 Å². The summed E-state index contributed by atoms with van der Waals surface area (Å²) in [6.07, 6.45) is 1.14. The number of urea groups is 1. The predicted molar refractivity (Wildman–Crippen MR) is 51.1 cm³/mol. The largest absolute Gasteiger partial charge is 0.336 e. The van der Waals surface area contributed by atoms with E-state index in [4.69, 9.17) is 5.26 Å². The fourth-order valence-electron chi connectivity index (χ4n) is 0.897. The zero-order chi connectivity index (χ0) is 10.3. The van der Waals surface area contributed by atoms with Gasteiger partial charge in [0.1, 0.15) is 0 Å². The smallest absolute Gasteiger partial charge is 0.315 e. The maximum absolute atomic E-state index is 11.2. The molecule has 0 rings (SSSR count). The van der Waals surface area contributed by atoms with E-state index in [1.807, 2.05) is 26.8 Å². The molecule has 0 fully saturated rings. The van der Waals surface area contributed by atoms with Crippen LogP contribution in [0.3, 0.4) is 0 Å². The Balaban J connectivity index is 3.81. The highest BCUT2D eigenvalue weighted by Gasteiger charge is 2.09. The number of carbonyl (C=O) groups is 1. The van der Waals surface area contributed by atoms with Gasteiger partial charge in [0.05, 0.1) is 12.5 Å². The summed E-state index contributed by atoms with van der Waals surface area (Å²) in [4.78, 5) is 11.2. The number of nitriles is 1. The molecule has 0 heterocycles. The highest BCUT2D eigenvalue weighted by Crippen LogP contribution is 1.95. The summed E-state index contributed by atoms with van der Waals surface area (Å²) in [7, 11) is 0. The molecular formula is C9H17N3O. The lowest BCUT2D eigenvalue weighted by Gasteiger charge is -2.15. The van der Waals surface area contributed by atoms with Crippen molar-refractivity contribution in [3.63, 3.8) is 0 Å². The fourth-order valence-corrected chi connectivity index (χ4v) is 0.897. The van der Waals surface area contributed by atoms with E-state index in [0.29, 0.717) is 6.42 Å². The predicted octanol–water partition coefficient (Wildman–Crippen LogP) is 1.39. The van der Waals surface area contributed by atoms with Crippen molar-refractivity contribution < 1.29 is 4.79 Å². The molecule has 0 aromatic rings. The molecule has 4 nitrogen and oxygen atoms in total. The first-order chi connectivity index (χ1) is 6.10. The van der Waals surface area contributed by atoms with Gasteiger partial charge in [0, 0.05) is 12.1 Å². The van der Waals surface area contributed by atoms with Crippen LogP contribution in [-0.2, 0) is 0 Å². The van der Waals surface area contributed by atoms with Crippen molar-refractivity contribution in [2.45, 2.75) is 45.7 Å². The van der Waals surface area contributed by atoms with Crippen molar-refractivity contribution in [2.75, 3.05) is 0 Å². The first-order valence-corrected chi connectivity index (χ1v) is 4.54. The van der Waals surface area contributed by atoms with Gasteiger partial charge in [-0.1, -0.05) is 6.92 Å². The first-order valence-electron chi connectivity index (χ1n) is 4.54. The van der Waals surface area contributed by atoms with E-state index in [0.717, 1.165) is 6.42 Å². The van der Waals surface area contributed by atoms with Crippen molar-refractivity contribution in [3.05, 3.63) is 0 Å². The van der Waals surface area contributed by atoms with E-state index in [9.17, 15) is 4.79 Å². The number of hydrogen-bond acceptors (Lipinski definition) is 2. The summed E-state index contributed by atoms with van der Waals surface area (Å²) in [5.74, 6) is 0. The van der Waals surface area contributed by atoms with E-state index >= 15 is 0 Å². The van der Waals surface area contributed by atoms with Crippen LogP contribution in [0.25, 0.3) is 0 Å². The summed E-state index contributed by atoms with van der Waals surface area (Å²) in [6, 6.07) is 1.92. The molecule has 0 spiro atoms. The number of nitrogens with one attached hydrogen (secondary N) is 2. The van der Waals surface area contributed by atoms with Crippen LogP contribution in [0, 0.1) is 11.3 Å². The quantitative estimate of drug-likeness (QED) is 0.691. The Morgan fingerprint density at radius 1 is 1.46 bits per heavy atom. The van der Waals surface area contributed by atoms with Gasteiger partial charge in [-0.3, -0.25) is 0 Å². The zero-order valence-electron chi connectivity index (χ0n) is 8.42. The topological polar surface area (TPSA) is 64.9 Å². The van der Waals surface area contributed by atoms with Gasteiger partial charge in [-0.25, -0.2) is 4.79 Å². The van der Waals surface area contributed by atoms with Crippen molar-refractivity contribution in [1.29, 1.82) is 5.26 Å². The minimum Gasteiger partial charge on any atom is -0.336 e. The Morgan fingerprint density at radius 3 is 2.46 bits per heavy atom. The van der Waals surface area contributed by atoms with Gasteiger partial charge in [-0.2, -0.15) is 5.26 Å². The lowest BCUT2D eigenvalue weighted by atomic mass is 10.2. The number of nitrogens with zero attached hydrogens (tertiary/aromatic N) is 1. The molecule has 1 unspecified atom stereocenters. The Morgan fingerprint density at radius 2 is 2.08 bits per heavy atom. The SMILES string of the molecule is CCC(CC#N)NC(=O)NC(C)C. The van der Waals surface area contributed by atoms with E-state index < -0.39 is 0 Å². The molecule has 0 aromatic heterocycles. The van der Waals surface area contributed by atoms with Crippen LogP contribution in [0.5, 0.6) is 0 Å². The standard InChI is InChI=1S/C9H17N3O/c1-4-8(5-6-10)12-9(13)11-7(2)3/h7-8H,4-5H2,1-3H3,(H2,11,12,13). The van der Waals surface area contributed by atoms with Gasteiger partial charge in [0.25, 0.3) is 0 Å². The average Bonchev–Trinajstić information content (AvgIpc) is 2.02. The lowest BCUT2D eigenvalue weighted by Crippen LogP contribution is -2.44. The van der Waals surface area contributed by atoms with Crippen molar-refractivity contribution in [1.82, 2.24) is 10.6 Å². The second-order valence-electron chi connectivity index (χ2n) is 3.24. The molecule has 0 aliphatic carbocycles. The van der Waals surface area contributed by atoms with Crippen LogP contribution >= 0.6 is 0 Å². The molecule has 0 radical (unpaired) electrons. The normalized spacial score (nSPS) is 11.9. The van der Waals surface area contributed by atoms with Crippen LogP contribution in [0.4, 0.5) is 4.79 Å². The Kier molecular flexibility index (Phi) is 5.69. The molecule has 74 valence electrons. The van der Waals surface area contributed by atoms with Gasteiger partial charge in [0.2, 0.25) is 0 Å². The van der Waals surface area contributed by atoms with Crippen LogP contribution in [0.2, 0.25) is 0 Å². The third kappa shape index (κ3) is 5.97. The van der Waals surface area contributed by atoms with Crippen molar-refractivity contribution >= 4 is 6.03 Å². The third-order valence-electron chi connectivity index (χ3n) is 1.59. The average molecular weight is 183 g/mol. The molecule has 0 bridgehead atoms. The van der Waals surface area contributed by atoms with Crippen molar-refractivity contribution in [2.24, 2.45) is 0 Å². The van der Waals surface area contributed by atoms with E-state index in [1.54, 1.807) is 0 Å². The van der Waals surface area contributed by atoms with Crippen molar-refractivity contribution in [3.8, 4) is 6.07 Å². The van der Waals surface area contributed by atoms with E-state index in [2.05, 4.69) is 10.6 Å². The number of amides is 2. The molecular weight excluding hydrogens is 166 g/mol. The van der Waals surface area contributed by atoms with Crippen LogP contribution < -0.4 is 10.6 Å². The zero-order valence-corrected chi connectivity index (χ0v) is 8.42. The molecule has 4 heteroatoms. The Labute approximate surface area is 79.3 Å². The summed E-state index contributed by atoms with van der Waals surface area (Å²) in [6.45, 7) is 5.73. The van der Waals surface area contributed by atoms with Crippen LogP contribution in [-0.4, -0.2) is 18.1 Å². The second-order valence-corrected chi connectivity index (χ2v) is 3.24. The minimum atomic E-state index is -0.197. The van der Waals surface area contributed by atoms with Gasteiger partial charge < -0.3 is 10.6 Å². The van der Waals surface area contributed by atoms with E-state index in [-0.39, 0.29) is 18.1 Å². The molecule has 0 aromatic carbocycles. The molecule has 0 saturated heterocycles. The monoisotopic (exact) mass is 183 g/mol. The fraction of sp³-hybridized carbons (Fsp3) is 0.778. The molecule has 0 aliphatic rings. The lowest BCUT2D eigenvalue weighted by molar-refractivity contribution is 0.234. The first kappa shape index (κ1) is 11.8. The maximum Gasteiger partial charge on any atom is 0.315 e. The van der Waals surface area contributed by atoms with Gasteiger partial charge >= 0.3 is 6.03 Å². The highest BCUT2D eigenvalue weighted by atomic mass is 16.2. The van der Waals surface area contributed by atoms with E-state index in [1.165, 1.54) is 0 Å². The number of rotatable bonds is 4. The summed E-state index contributed by atoms with van der Waals surface area (Å²) in [5.41, 5.74) is 0. The maximum atomic E-state index is 11.2. The minimum absolute atomic E-state index is 0.0382. The molecule has 1 atom stereocenters. The molecule has 2 amide bonds. The summed E-state index contributed by atoms with van der Waals surface area (Å²) >= 11 is 0. The third-order valence-corrected chi connectivity index (χ3v) is 1.59. The Bertz CT molecular complexity index is 196. The van der Waals surface area contributed by atoms with Crippen LogP contribution in [0.1, 0.15) is 33.6 Å². The summed E-state index contributed by atoms with van der Waals surface area (Å²) in [5, 5.41) is 13.9. The van der Waals surface area contributed by atoms with Gasteiger partial charge in [0.15, 0.2) is 0 Å². The van der Waals surface area contributed by atoms with Gasteiger partial charge in [-0.05, 0) is 20.3 Å². The molecule has 2 N–H and O–H groups in total. The Hall–Kier alpha value is -1.24. The molecule has 13 heavy (non-hydrogen) atoms. The molecule has 0 saturated carbocycles. The van der Waals surface area contributed by atoms with Crippen LogP contribution in [0.15, 0.2) is 0 Å². The molecule has 0 aliphatic heterocycles. The second kappa shape index (κ2) is 6.30. The number of hydrogen-bond donors (Lipinski definition) is 2. The summed E-state index contributed by atoms with van der Waals surface area (Å²) < 4.78 is 0. The number of carbonyl (C=O) groups excluding carboxylic acids is 1. The highest BCUT2D eigenvalue weighted by molar-refractivity contribution is 5.74.